The van der Waals surface area contributed by atoms with Crippen molar-refractivity contribution in [3.8, 4) is 0 Å². The molecule has 1 saturated carbocycles. The van der Waals surface area contributed by atoms with Crippen molar-refractivity contribution >= 4 is 5.91 Å². The van der Waals surface area contributed by atoms with Crippen molar-refractivity contribution < 1.29 is 4.79 Å². The fraction of sp³-hybridized carbons (Fsp3) is 0.923. The molecule has 1 aliphatic rings. The average molecular weight is 226 g/mol. The van der Waals surface area contributed by atoms with Gasteiger partial charge in [-0.3, -0.25) is 4.79 Å². The average Bonchev–Trinajstić information content (AvgIpc) is 2.53. The molecule has 0 aromatic rings. The predicted molar refractivity (Wildman–Crippen MR) is 67.0 cm³/mol. The Labute approximate surface area is 99.2 Å². The van der Waals surface area contributed by atoms with E-state index in [-0.39, 0.29) is 17.9 Å². The molecule has 1 unspecified atom stereocenters. The van der Waals surface area contributed by atoms with Crippen molar-refractivity contribution in [2.45, 2.75) is 58.4 Å². The summed E-state index contributed by atoms with van der Waals surface area (Å²) in [7, 11) is 0. The Morgan fingerprint density at radius 1 is 1.25 bits per heavy atom. The van der Waals surface area contributed by atoms with Gasteiger partial charge in [-0.05, 0) is 18.8 Å². The molecule has 94 valence electrons. The second-order valence-electron chi connectivity index (χ2n) is 5.34. The molecule has 0 radical (unpaired) electrons. The van der Waals surface area contributed by atoms with Crippen molar-refractivity contribution in [3.63, 3.8) is 0 Å². The van der Waals surface area contributed by atoms with E-state index in [1.165, 1.54) is 25.7 Å². The first-order chi connectivity index (χ1) is 7.61. The molecule has 0 bridgehead atoms. The highest BCUT2D eigenvalue weighted by Crippen LogP contribution is 2.22. The van der Waals surface area contributed by atoms with E-state index in [0.717, 1.165) is 12.8 Å². The predicted octanol–water partition coefficient (Wildman–Crippen LogP) is 2.06. The summed E-state index contributed by atoms with van der Waals surface area (Å²) in [6, 6.07) is 0.0785. The number of amides is 1. The zero-order chi connectivity index (χ0) is 12.0. The van der Waals surface area contributed by atoms with Crippen molar-refractivity contribution in [1.82, 2.24) is 5.32 Å². The molecule has 1 fully saturated rings. The summed E-state index contributed by atoms with van der Waals surface area (Å²) in [4.78, 5) is 11.9. The molecule has 1 rings (SSSR count). The van der Waals surface area contributed by atoms with Gasteiger partial charge < -0.3 is 11.1 Å². The number of carbonyl (C=O) groups excluding carboxylic acids is 1. The third-order valence-electron chi connectivity index (χ3n) is 3.59. The van der Waals surface area contributed by atoms with E-state index in [1.54, 1.807) is 0 Å². The molecular weight excluding hydrogens is 200 g/mol. The molecule has 3 heteroatoms. The minimum absolute atomic E-state index is 0.0785. The lowest BCUT2D eigenvalue weighted by Crippen LogP contribution is -2.42. The molecule has 1 atom stereocenters. The van der Waals surface area contributed by atoms with Gasteiger partial charge in [0.05, 0.1) is 0 Å². The van der Waals surface area contributed by atoms with Gasteiger partial charge in [0.2, 0.25) is 5.91 Å². The monoisotopic (exact) mass is 226 g/mol. The quantitative estimate of drug-likeness (QED) is 0.721. The number of carbonyl (C=O) groups is 1. The van der Waals surface area contributed by atoms with E-state index >= 15 is 0 Å². The number of nitrogens with two attached hydrogens (primary N) is 1. The zero-order valence-electron chi connectivity index (χ0n) is 10.7. The van der Waals surface area contributed by atoms with Crippen LogP contribution in [0.1, 0.15) is 52.4 Å². The molecule has 16 heavy (non-hydrogen) atoms. The molecule has 0 aromatic carbocycles. The molecule has 0 spiro atoms. The maximum atomic E-state index is 11.9. The van der Waals surface area contributed by atoms with E-state index < -0.39 is 0 Å². The highest BCUT2D eigenvalue weighted by atomic mass is 16.1. The summed E-state index contributed by atoms with van der Waals surface area (Å²) in [5.74, 6) is 0.884. The van der Waals surface area contributed by atoms with E-state index in [4.69, 9.17) is 5.73 Å². The van der Waals surface area contributed by atoms with E-state index in [0.29, 0.717) is 12.5 Å². The van der Waals surface area contributed by atoms with Crippen LogP contribution in [0, 0.1) is 11.8 Å². The van der Waals surface area contributed by atoms with Crippen LogP contribution >= 0.6 is 0 Å². The first-order valence-electron chi connectivity index (χ1n) is 6.64. The molecule has 0 aromatic heterocycles. The standard InChI is InChI=1S/C13H26N2O/c1-10(2)12(14)9-15-13(16)11-7-5-3-4-6-8-11/h10-12H,3-9,14H2,1-2H3,(H,15,16). The number of hydrogen-bond acceptors (Lipinski definition) is 2. The van der Waals surface area contributed by atoms with Crippen molar-refractivity contribution in [2.24, 2.45) is 17.6 Å². The van der Waals surface area contributed by atoms with Gasteiger partial charge in [0, 0.05) is 18.5 Å². The van der Waals surface area contributed by atoms with E-state index in [9.17, 15) is 4.79 Å². The Morgan fingerprint density at radius 3 is 2.31 bits per heavy atom. The fourth-order valence-electron chi connectivity index (χ4n) is 2.14. The lowest BCUT2D eigenvalue weighted by Gasteiger charge is -2.19. The van der Waals surface area contributed by atoms with Crippen LogP contribution < -0.4 is 11.1 Å². The van der Waals surface area contributed by atoms with Gasteiger partial charge in [-0.1, -0.05) is 39.5 Å². The zero-order valence-corrected chi connectivity index (χ0v) is 10.7. The molecule has 0 saturated heterocycles. The molecule has 3 nitrogen and oxygen atoms in total. The summed E-state index contributed by atoms with van der Waals surface area (Å²) in [6.45, 7) is 4.79. The van der Waals surface area contributed by atoms with Gasteiger partial charge in [0.15, 0.2) is 0 Å². The van der Waals surface area contributed by atoms with Crippen LogP contribution in [0.3, 0.4) is 0 Å². The highest BCUT2D eigenvalue weighted by Gasteiger charge is 2.20. The molecule has 0 heterocycles. The second-order valence-corrected chi connectivity index (χ2v) is 5.34. The maximum Gasteiger partial charge on any atom is 0.223 e. The minimum atomic E-state index is 0.0785. The highest BCUT2D eigenvalue weighted by molar-refractivity contribution is 5.78. The SMILES string of the molecule is CC(C)C(N)CNC(=O)C1CCCCCC1. The number of rotatable bonds is 4. The van der Waals surface area contributed by atoms with Gasteiger partial charge >= 0.3 is 0 Å². The fourth-order valence-corrected chi connectivity index (χ4v) is 2.14. The lowest BCUT2D eigenvalue weighted by atomic mass is 9.99. The summed E-state index contributed by atoms with van der Waals surface area (Å²) in [5.41, 5.74) is 5.91. The van der Waals surface area contributed by atoms with Gasteiger partial charge in [-0.2, -0.15) is 0 Å². The van der Waals surface area contributed by atoms with Crippen LogP contribution in [-0.2, 0) is 4.79 Å². The molecule has 0 aliphatic heterocycles. The van der Waals surface area contributed by atoms with Gasteiger partial charge in [0.25, 0.3) is 0 Å². The van der Waals surface area contributed by atoms with Crippen LogP contribution in [0.2, 0.25) is 0 Å². The van der Waals surface area contributed by atoms with Crippen LogP contribution in [0.25, 0.3) is 0 Å². The summed E-state index contributed by atoms with van der Waals surface area (Å²) in [5, 5.41) is 3.00. The number of hydrogen-bond donors (Lipinski definition) is 2. The summed E-state index contributed by atoms with van der Waals surface area (Å²) in [6.07, 6.45) is 7.10. The minimum Gasteiger partial charge on any atom is -0.354 e. The van der Waals surface area contributed by atoms with Crippen molar-refractivity contribution in [3.05, 3.63) is 0 Å². The van der Waals surface area contributed by atoms with Crippen LogP contribution in [0.4, 0.5) is 0 Å². The third-order valence-corrected chi connectivity index (χ3v) is 3.59. The van der Waals surface area contributed by atoms with Gasteiger partial charge in [-0.25, -0.2) is 0 Å². The summed E-state index contributed by atoms with van der Waals surface area (Å²) < 4.78 is 0. The van der Waals surface area contributed by atoms with Crippen LogP contribution in [0.15, 0.2) is 0 Å². The van der Waals surface area contributed by atoms with Crippen LogP contribution in [-0.4, -0.2) is 18.5 Å². The van der Waals surface area contributed by atoms with E-state index in [2.05, 4.69) is 19.2 Å². The Bertz CT molecular complexity index is 208. The largest absolute Gasteiger partial charge is 0.354 e. The van der Waals surface area contributed by atoms with Crippen LogP contribution in [0.5, 0.6) is 0 Å². The van der Waals surface area contributed by atoms with Gasteiger partial charge in [-0.15, -0.1) is 0 Å². The van der Waals surface area contributed by atoms with Crippen molar-refractivity contribution in [2.75, 3.05) is 6.54 Å². The topological polar surface area (TPSA) is 55.1 Å². The normalized spacial score (nSPS) is 20.5. The third kappa shape index (κ3) is 4.52. The first-order valence-corrected chi connectivity index (χ1v) is 6.64. The molecule has 1 aliphatic carbocycles. The van der Waals surface area contributed by atoms with Gasteiger partial charge in [0.1, 0.15) is 0 Å². The Morgan fingerprint density at radius 2 is 1.81 bits per heavy atom. The Balaban J connectivity index is 2.27. The molecular formula is C13H26N2O. The van der Waals surface area contributed by atoms with Crippen molar-refractivity contribution in [1.29, 1.82) is 0 Å². The maximum absolute atomic E-state index is 11.9. The van der Waals surface area contributed by atoms with E-state index in [1.807, 2.05) is 0 Å². The lowest BCUT2D eigenvalue weighted by molar-refractivity contribution is -0.125. The summed E-state index contributed by atoms with van der Waals surface area (Å²) >= 11 is 0. The Kier molecular flexibility index (Phi) is 5.81. The molecule has 1 amide bonds. The smallest absolute Gasteiger partial charge is 0.223 e. The number of nitrogens with one attached hydrogen (secondary N) is 1. The molecule has 3 N–H and O–H groups in total. The Hall–Kier alpha value is -0.570. The first kappa shape index (κ1) is 13.5. The second kappa shape index (κ2) is 6.89.